The van der Waals surface area contributed by atoms with Gasteiger partial charge in [-0.1, -0.05) is 12.1 Å². The molecule has 0 saturated carbocycles. The number of hydrogen-bond donors (Lipinski definition) is 2. The highest BCUT2D eigenvalue weighted by Gasteiger charge is 1.97. The number of aromatic nitrogens is 2. The van der Waals surface area contributed by atoms with Crippen molar-refractivity contribution in [3.8, 4) is 5.75 Å². The van der Waals surface area contributed by atoms with Crippen LogP contribution in [0.15, 0.2) is 36.7 Å². The standard InChI is InChI=1S/C14H18N4O/c1-11-4-3-5-12(8-11)19-7-6-17-14-10-16-9-13(15-2)18-14/h3-5,8-10H,6-7H2,1-2H3,(H2,15,17,18). The van der Waals surface area contributed by atoms with Crippen LogP contribution in [0.1, 0.15) is 5.56 Å². The SMILES string of the molecule is CNc1cncc(NCCOc2cccc(C)c2)n1. The Morgan fingerprint density at radius 3 is 2.84 bits per heavy atom. The minimum absolute atomic E-state index is 0.578. The number of benzene rings is 1. The maximum atomic E-state index is 5.64. The van der Waals surface area contributed by atoms with Crippen LogP contribution >= 0.6 is 0 Å². The summed E-state index contributed by atoms with van der Waals surface area (Å²) < 4.78 is 5.64. The average molecular weight is 258 g/mol. The van der Waals surface area contributed by atoms with Crippen LogP contribution < -0.4 is 15.4 Å². The second-order valence-electron chi connectivity index (χ2n) is 4.13. The summed E-state index contributed by atoms with van der Waals surface area (Å²) in [5.41, 5.74) is 1.19. The summed E-state index contributed by atoms with van der Waals surface area (Å²) >= 11 is 0. The predicted molar refractivity (Wildman–Crippen MR) is 76.7 cm³/mol. The van der Waals surface area contributed by atoms with E-state index in [1.165, 1.54) is 5.56 Å². The third-order valence-corrected chi connectivity index (χ3v) is 2.56. The Morgan fingerprint density at radius 1 is 1.21 bits per heavy atom. The minimum atomic E-state index is 0.578. The van der Waals surface area contributed by atoms with E-state index < -0.39 is 0 Å². The monoisotopic (exact) mass is 258 g/mol. The zero-order chi connectivity index (χ0) is 13.5. The molecule has 2 N–H and O–H groups in total. The third-order valence-electron chi connectivity index (χ3n) is 2.56. The van der Waals surface area contributed by atoms with Gasteiger partial charge in [0.15, 0.2) is 0 Å². The van der Waals surface area contributed by atoms with Gasteiger partial charge < -0.3 is 15.4 Å². The van der Waals surface area contributed by atoms with Gasteiger partial charge in [-0.3, -0.25) is 4.98 Å². The fourth-order valence-corrected chi connectivity index (χ4v) is 1.62. The molecule has 2 rings (SSSR count). The van der Waals surface area contributed by atoms with Crippen LogP contribution in [0.3, 0.4) is 0 Å². The molecule has 0 amide bonds. The van der Waals surface area contributed by atoms with E-state index in [0.29, 0.717) is 13.2 Å². The van der Waals surface area contributed by atoms with Gasteiger partial charge in [0.1, 0.15) is 24.0 Å². The number of nitrogens with zero attached hydrogens (tertiary/aromatic N) is 2. The van der Waals surface area contributed by atoms with E-state index in [2.05, 4.69) is 20.6 Å². The fraction of sp³-hybridized carbons (Fsp3) is 0.286. The summed E-state index contributed by atoms with van der Waals surface area (Å²) in [6.07, 6.45) is 3.36. The molecule has 0 bridgehead atoms. The van der Waals surface area contributed by atoms with Gasteiger partial charge in [0.2, 0.25) is 0 Å². The molecule has 0 aliphatic rings. The first-order valence-electron chi connectivity index (χ1n) is 6.21. The van der Waals surface area contributed by atoms with Crippen LogP contribution in [0.5, 0.6) is 5.75 Å². The van der Waals surface area contributed by atoms with E-state index in [4.69, 9.17) is 4.74 Å². The van der Waals surface area contributed by atoms with E-state index in [0.717, 1.165) is 17.4 Å². The number of anilines is 2. The summed E-state index contributed by atoms with van der Waals surface area (Å²) in [5.74, 6) is 2.36. The molecule has 100 valence electrons. The molecule has 0 radical (unpaired) electrons. The Kier molecular flexibility index (Phi) is 4.55. The zero-order valence-electron chi connectivity index (χ0n) is 11.2. The first-order valence-corrected chi connectivity index (χ1v) is 6.21. The second-order valence-corrected chi connectivity index (χ2v) is 4.13. The molecule has 1 aromatic carbocycles. The summed E-state index contributed by atoms with van der Waals surface area (Å²) in [6.45, 7) is 3.30. The second kappa shape index (κ2) is 6.58. The van der Waals surface area contributed by atoms with Gasteiger partial charge in [0, 0.05) is 7.05 Å². The van der Waals surface area contributed by atoms with Crippen molar-refractivity contribution in [1.82, 2.24) is 9.97 Å². The van der Waals surface area contributed by atoms with Crippen molar-refractivity contribution in [1.29, 1.82) is 0 Å². The number of nitrogens with one attached hydrogen (secondary N) is 2. The van der Waals surface area contributed by atoms with Gasteiger partial charge in [-0.25, -0.2) is 4.98 Å². The normalized spacial score (nSPS) is 10.0. The summed E-state index contributed by atoms with van der Waals surface area (Å²) in [5, 5.41) is 6.11. The molecular weight excluding hydrogens is 240 g/mol. The number of rotatable bonds is 6. The van der Waals surface area contributed by atoms with E-state index in [-0.39, 0.29) is 0 Å². The maximum absolute atomic E-state index is 5.64. The number of aryl methyl sites for hydroxylation is 1. The lowest BCUT2D eigenvalue weighted by molar-refractivity contribution is 0.332. The molecule has 0 unspecified atom stereocenters. The van der Waals surface area contributed by atoms with Crippen molar-refractivity contribution >= 4 is 11.6 Å². The van der Waals surface area contributed by atoms with Gasteiger partial charge in [0.05, 0.1) is 18.9 Å². The van der Waals surface area contributed by atoms with Crippen LogP contribution in [0.25, 0.3) is 0 Å². The lowest BCUT2D eigenvalue weighted by atomic mass is 10.2. The molecule has 0 atom stereocenters. The van der Waals surface area contributed by atoms with Crippen molar-refractivity contribution in [2.75, 3.05) is 30.8 Å². The van der Waals surface area contributed by atoms with E-state index >= 15 is 0 Å². The highest BCUT2D eigenvalue weighted by Crippen LogP contribution is 2.12. The maximum Gasteiger partial charge on any atom is 0.147 e. The zero-order valence-corrected chi connectivity index (χ0v) is 11.2. The quantitative estimate of drug-likeness (QED) is 0.779. The third kappa shape index (κ3) is 4.13. The van der Waals surface area contributed by atoms with E-state index in [1.807, 2.05) is 38.2 Å². The molecule has 5 nitrogen and oxygen atoms in total. The Balaban J connectivity index is 1.77. The van der Waals surface area contributed by atoms with Crippen molar-refractivity contribution in [3.05, 3.63) is 42.2 Å². The Labute approximate surface area is 113 Å². The molecule has 0 spiro atoms. The largest absolute Gasteiger partial charge is 0.492 e. The number of hydrogen-bond acceptors (Lipinski definition) is 5. The van der Waals surface area contributed by atoms with Gasteiger partial charge >= 0.3 is 0 Å². The smallest absolute Gasteiger partial charge is 0.147 e. The molecule has 1 heterocycles. The predicted octanol–water partition coefficient (Wildman–Crippen LogP) is 2.32. The van der Waals surface area contributed by atoms with E-state index in [9.17, 15) is 0 Å². The summed E-state index contributed by atoms with van der Waals surface area (Å²) in [7, 11) is 1.81. The minimum Gasteiger partial charge on any atom is -0.492 e. The average Bonchev–Trinajstić information content (AvgIpc) is 2.44. The van der Waals surface area contributed by atoms with Gasteiger partial charge in [-0.2, -0.15) is 0 Å². The van der Waals surface area contributed by atoms with Crippen molar-refractivity contribution in [2.45, 2.75) is 6.92 Å². The highest BCUT2D eigenvalue weighted by atomic mass is 16.5. The highest BCUT2D eigenvalue weighted by molar-refractivity contribution is 5.40. The molecule has 5 heteroatoms. The van der Waals surface area contributed by atoms with Gasteiger partial charge in [-0.05, 0) is 24.6 Å². The molecule has 1 aromatic heterocycles. The molecule has 19 heavy (non-hydrogen) atoms. The molecule has 0 aliphatic carbocycles. The molecule has 2 aromatic rings. The Bertz CT molecular complexity index is 530. The van der Waals surface area contributed by atoms with Crippen molar-refractivity contribution < 1.29 is 4.74 Å². The molecule has 0 aliphatic heterocycles. The van der Waals surface area contributed by atoms with Crippen LogP contribution in [-0.4, -0.2) is 30.2 Å². The van der Waals surface area contributed by atoms with Crippen LogP contribution in [0.2, 0.25) is 0 Å². The van der Waals surface area contributed by atoms with Crippen LogP contribution in [-0.2, 0) is 0 Å². The Morgan fingerprint density at radius 2 is 2.05 bits per heavy atom. The lowest BCUT2D eigenvalue weighted by Crippen LogP contribution is -2.13. The van der Waals surface area contributed by atoms with E-state index in [1.54, 1.807) is 12.4 Å². The molecular formula is C14H18N4O. The van der Waals surface area contributed by atoms with Crippen LogP contribution in [0.4, 0.5) is 11.6 Å². The number of ether oxygens (including phenoxy) is 1. The first kappa shape index (κ1) is 13.1. The lowest BCUT2D eigenvalue weighted by Gasteiger charge is -2.09. The molecule has 0 fully saturated rings. The van der Waals surface area contributed by atoms with Gasteiger partial charge in [-0.15, -0.1) is 0 Å². The summed E-state index contributed by atoms with van der Waals surface area (Å²) in [4.78, 5) is 8.39. The van der Waals surface area contributed by atoms with Crippen molar-refractivity contribution in [2.24, 2.45) is 0 Å². The van der Waals surface area contributed by atoms with Crippen LogP contribution in [0, 0.1) is 6.92 Å². The Hall–Kier alpha value is -2.30. The summed E-state index contributed by atoms with van der Waals surface area (Å²) in [6, 6.07) is 8.00. The topological polar surface area (TPSA) is 59.1 Å². The first-order chi connectivity index (χ1) is 9.28. The fourth-order valence-electron chi connectivity index (χ4n) is 1.62. The molecule has 0 saturated heterocycles. The van der Waals surface area contributed by atoms with Gasteiger partial charge in [0.25, 0.3) is 0 Å². The van der Waals surface area contributed by atoms with Crippen molar-refractivity contribution in [3.63, 3.8) is 0 Å².